The van der Waals surface area contributed by atoms with Crippen molar-refractivity contribution in [1.82, 2.24) is 15.2 Å². The van der Waals surface area contributed by atoms with E-state index in [1.807, 2.05) is 0 Å². The number of nitrogens with one attached hydrogen (secondary N) is 3. The number of carbonyl (C=O) groups excluding carboxylic acids is 3. The molecule has 0 atom stereocenters. The van der Waals surface area contributed by atoms with Crippen LogP contribution >= 0.6 is 0 Å². The lowest BCUT2D eigenvalue weighted by atomic mass is 10.1. The summed E-state index contributed by atoms with van der Waals surface area (Å²) in [7, 11) is 0. The third-order valence-corrected chi connectivity index (χ3v) is 6.12. The van der Waals surface area contributed by atoms with Crippen molar-refractivity contribution in [2.75, 3.05) is 50.0 Å². The van der Waals surface area contributed by atoms with Crippen molar-refractivity contribution < 1.29 is 32.3 Å². The number of rotatable bonds is 9. The van der Waals surface area contributed by atoms with Gasteiger partial charge in [0.15, 0.2) is 0 Å². The van der Waals surface area contributed by atoms with Crippen molar-refractivity contribution in [1.29, 1.82) is 0 Å². The van der Waals surface area contributed by atoms with E-state index in [2.05, 4.69) is 25.8 Å². The molecular weight excluding hydrogens is 539 g/mol. The number of carbonyl (C=O) groups is 3. The molecule has 0 saturated carbocycles. The number of halogens is 3. The van der Waals surface area contributed by atoms with Gasteiger partial charge in [-0.05, 0) is 54.1 Å². The number of alkyl halides is 3. The zero-order valence-corrected chi connectivity index (χ0v) is 21.9. The summed E-state index contributed by atoms with van der Waals surface area (Å²) in [6.45, 7) is 4.28. The largest absolute Gasteiger partial charge is 0.416 e. The maximum absolute atomic E-state index is 12.9. The van der Waals surface area contributed by atoms with Gasteiger partial charge in [-0.1, -0.05) is 18.2 Å². The second-order valence-corrected chi connectivity index (χ2v) is 9.12. The summed E-state index contributed by atoms with van der Waals surface area (Å²) < 4.78 is 44.1. The number of hydrogen-bond donors (Lipinski definition) is 3. The summed E-state index contributed by atoms with van der Waals surface area (Å²) >= 11 is 0. The smallest absolute Gasteiger partial charge is 0.379 e. The molecule has 0 radical (unpaired) electrons. The van der Waals surface area contributed by atoms with Crippen LogP contribution in [0.25, 0.3) is 6.08 Å². The van der Waals surface area contributed by atoms with Gasteiger partial charge in [0.2, 0.25) is 5.91 Å². The van der Waals surface area contributed by atoms with Crippen LogP contribution in [0.2, 0.25) is 0 Å². The molecular formula is C29H28F3N5O4. The molecule has 41 heavy (non-hydrogen) atoms. The van der Waals surface area contributed by atoms with Gasteiger partial charge in [-0.3, -0.25) is 19.3 Å². The summed E-state index contributed by atoms with van der Waals surface area (Å²) in [5.41, 5.74) is 0.221. The highest BCUT2D eigenvalue weighted by Crippen LogP contribution is 2.30. The van der Waals surface area contributed by atoms with E-state index in [1.165, 1.54) is 48.7 Å². The Morgan fingerprint density at radius 3 is 2.44 bits per heavy atom. The van der Waals surface area contributed by atoms with Crippen LogP contribution in [0.1, 0.15) is 31.8 Å². The van der Waals surface area contributed by atoms with E-state index >= 15 is 0 Å². The Labute approximate surface area is 234 Å². The van der Waals surface area contributed by atoms with E-state index in [0.29, 0.717) is 30.9 Å². The van der Waals surface area contributed by atoms with Crippen molar-refractivity contribution in [3.05, 3.63) is 95.2 Å². The SMILES string of the molecule is O=C(C=Cc1cccc(C(=O)Nc2cccc(C(F)(F)F)c2)c1)Nc1ccc(C(=O)NCCN2CCOCC2)cn1. The average molecular weight is 568 g/mol. The zero-order chi connectivity index (χ0) is 29.2. The lowest BCUT2D eigenvalue weighted by molar-refractivity contribution is -0.137. The van der Waals surface area contributed by atoms with E-state index in [1.54, 1.807) is 18.2 Å². The molecule has 12 heteroatoms. The molecule has 9 nitrogen and oxygen atoms in total. The Balaban J connectivity index is 1.27. The quantitative estimate of drug-likeness (QED) is 0.336. The third kappa shape index (κ3) is 8.98. The maximum Gasteiger partial charge on any atom is 0.416 e. The summed E-state index contributed by atoms with van der Waals surface area (Å²) in [4.78, 5) is 43.6. The lowest BCUT2D eigenvalue weighted by Crippen LogP contribution is -2.41. The van der Waals surface area contributed by atoms with Gasteiger partial charge < -0.3 is 20.7 Å². The highest BCUT2D eigenvalue weighted by atomic mass is 19.4. The van der Waals surface area contributed by atoms with Gasteiger partial charge in [0.1, 0.15) is 5.82 Å². The van der Waals surface area contributed by atoms with E-state index in [0.717, 1.165) is 31.8 Å². The summed E-state index contributed by atoms with van der Waals surface area (Å²) in [5, 5.41) is 7.89. The molecule has 1 saturated heterocycles. The molecule has 0 bridgehead atoms. The molecule has 3 aromatic rings. The van der Waals surface area contributed by atoms with E-state index in [9.17, 15) is 27.6 Å². The second kappa shape index (κ2) is 13.7. The molecule has 1 aliphatic rings. The molecule has 0 aliphatic carbocycles. The van der Waals surface area contributed by atoms with Crippen molar-refractivity contribution in [3.8, 4) is 0 Å². The zero-order valence-electron chi connectivity index (χ0n) is 21.9. The minimum absolute atomic E-state index is 0.00846. The third-order valence-electron chi connectivity index (χ3n) is 6.12. The Kier molecular flexibility index (Phi) is 9.82. The molecule has 4 rings (SSSR count). The topological polar surface area (TPSA) is 113 Å². The first kappa shape index (κ1) is 29.4. The Bertz CT molecular complexity index is 1400. The molecule has 3 N–H and O–H groups in total. The van der Waals surface area contributed by atoms with Gasteiger partial charge in [-0.2, -0.15) is 13.2 Å². The minimum Gasteiger partial charge on any atom is -0.379 e. The monoisotopic (exact) mass is 567 g/mol. The second-order valence-electron chi connectivity index (χ2n) is 9.12. The molecule has 0 spiro atoms. The Morgan fingerprint density at radius 2 is 1.71 bits per heavy atom. The number of anilines is 2. The standard InChI is InChI=1S/C29H28F3N5O4/c30-29(31,32)23-5-2-6-24(18-23)35-28(40)21-4-1-3-20(17-21)7-10-26(38)36-25-9-8-22(19-34-25)27(39)33-11-12-37-13-15-41-16-14-37/h1-10,17-19H,11-16H2,(H,33,39)(H,35,40)(H,34,36,38). The van der Waals surface area contributed by atoms with Gasteiger partial charge in [0.25, 0.3) is 11.8 Å². The molecule has 1 aromatic heterocycles. The van der Waals surface area contributed by atoms with Gasteiger partial charge in [-0.25, -0.2) is 4.98 Å². The predicted octanol–water partition coefficient (Wildman–Crippen LogP) is 4.07. The number of aromatic nitrogens is 1. The van der Waals surface area contributed by atoms with Crippen LogP contribution in [-0.2, 0) is 15.7 Å². The summed E-state index contributed by atoms with van der Waals surface area (Å²) in [6, 6.07) is 13.7. The summed E-state index contributed by atoms with van der Waals surface area (Å²) in [5.74, 6) is -1.10. The highest BCUT2D eigenvalue weighted by Gasteiger charge is 2.30. The number of morpholine rings is 1. The van der Waals surface area contributed by atoms with Crippen molar-refractivity contribution in [2.24, 2.45) is 0 Å². The summed E-state index contributed by atoms with van der Waals surface area (Å²) in [6.07, 6.45) is -0.429. The van der Waals surface area contributed by atoms with Crippen molar-refractivity contribution >= 4 is 35.3 Å². The van der Waals surface area contributed by atoms with Crippen LogP contribution in [0.15, 0.2) is 72.9 Å². The van der Waals surface area contributed by atoms with Gasteiger partial charge in [-0.15, -0.1) is 0 Å². The van der Waals surface area contributed by atoms with Crippen molar-refractivity contribution in [3.63, 3.8) is 0 Å². The molecule has 2 heterocycles. The lowest BCUT2D eigenvalue weighted by Gasteiger charge is -2.26. The number of nitrogens with zero attached hydrogens (tertiary/aromatic N) is 2. The van der Waals surface area contributed by atoms with Crippen LogP contribution in [0, 0.1) is 0 Å². The van der Waals surface area contributed by atoms with Crippen LogP contribution in [0.5, 0.6) is 0 Å². The normalized spacial score (nSPS) is 14.0. The number of benzene rings is 2. The van der Waals surface area contributed by atoms with Crippen LogP contribution in [0.3, 0.4) is 0 Å². The van der Waals surface area contributed by atoms with Gasteiger partial charge >= 0.3 is 6.18 Å². The van der Waals surface area contributed by atoms with Crippen LogP contribution in [0.4, 0.5) is 24.7 Å². The molecule has 1 fully saturated rings. The van der Waals surface area contributed by atoms with Crippen LogP contribution < -0.4 is 16.0 Å². The van der Waals surface area contributed by atoms with Crippen LogP contribution in [-0.4, -0.2) is 67.0 Å². The first-order chi connectivity index (χ1) is 19.7. The highest BCUT2D eigenvalue weighted by molar-refractivity contribution is 6.05. The fraction of sp³-hybridized carbons (Fsp3) is 0.241. The fourth-order valence-electron chi connectivity index (χ4n) is 3.96. The number of hydrogen-bond acceptors (Lipinski definition) is 6. The first-order valence-corrected chi connectivity index (χ1v) is 12.8. The van der Waals surface area contributed by atoms with E-state index in [-0.39, 0.29) is 23.0 Å². The van der Waals surface area contributed by atoms with Gasteiger partial charge in [0, 0.05) is 49.7 Å². The predicted molar refractivity (Wildman–Crippen MR) is 147 cm³/mol. The Morgan fingerprint density at radius 1 is 0.927 bits per heavy atom. The maximum atomic E-state index is 12.9. The molecule has 3 amide bonds. The first-order valence-electron chi connectivity index (χ1n) is 12.8. The molecule has 1 aliphatic heterocycles. The Hall–Kier alpha value is -4.55. The molecule has 2 aromatic carbocycles. The van der Waals surface area contributed by atoms with E-state index < -0.39 is 23.6 Å². The van der Waals surface area contributed by atoms with E-state index in [4.69, 9.17) is 4.74 Å². The molecule has 214 valence electrons. The number of amides is 3. The average Bonchev–Trinajstić information content (AvgIpc) is 2.97. The van der Waals surface area contributed by atoms with Gasteiger partial charge in [0.05, 0.1) is 24.3 Å². The minimum atomic E-state index is -4.53. The van der Waals surface area contributed by atoms with Crippen molar-refractivity contribution in [2.45, 2.75) is 6.18 Å². The number of ether oxygens (including phenoxy) is 1. The molecule has 0 unspecified atom stereocenters. The number of pyridine rings is 1. The fourth-order valence-corrected chi connectivity index (χ4v) is 3.96.